The summed E-state index contributed by atoms with van der Waals surface area (Å²) in [4.78, 5) is 25.2. The molecule has 0 spiro atoms. The SMILES string of the molecule is Cc1cnc(C)c(N2CCN(Cc3ccc(Cl)cc3)C(=O)C2)n1. The van der Waals surface area contributed by atoms with Crippen LogP contribution in [0.2, 0.25) is 5.02 Å². The summed E-state index contributed by atoms with van der Waals surface area (Å²) >= 11 is 5.90. The number of nitrogens with zero attached hydrogens (tertiary/aromatic N) is 4. The first kappa shape index (κ1) is 15.7. The number of amides is 1. The van der Waals surface area contributed by atoms with E-state index >= 15 is 0 Å². The molecule has 0 N–H and O–H groups in total. The fourth-order valence-corrected chi connectivity index (χ4v) is 2.82. The molecule has 5 nitrogen and oxygen atoms in total. The van der Waals surface area contributed by atoms with Gasteiger partial charge in [0.15, 0.2) is 5.82 Å². The van der Waals surface area contributed by atoms with E-state index in [0.717, 1.165) is 29.3 Å². The number of hydrogen-bond donors (Lipinski definition) is 0. The summed E-state index contributed by atoms with van der Waals surface area (Å²) in [5.41, 5.74) is 2.80. The number of rotatable bonds is 3. The molecular weight excluding hydrogens is 312 g/mol. The maximum Gasteiger partial charge on any atom is 0.242 e. The second-order valence-electron chi connectivity index (χ2n) is 5.78. The Hall–Kier alpha value is -2.14. The van der Waals surface area contributed by atoms with E-state index in [0.29, 0.717) is 24.7 Å². The highest BCUT2D eigenvalue weighted by atomic mass is 35.5. The zero-order chi connectivity index (χ0) is 16.4. The highest BCUT2D eigenvalue weighted by molar-refractivity contribution is 6.30. The van der Waals surface area contributed by atoms with Gasteiger partial charge in [-0.2, -0.15) is 0 Å². The van der Waals surface area contributed by atoms with Gasteiger partial charge in [-0.1, -0.05) is 23.7 Å². The lowest BCUT2D eigenvalue weighted by atomic mass is 10.2. The summed E-state index contributed by atoms with van der Waals surface area (Å²) in [5, 5.41) is 0.707. The molecule has 0 bridgehead atoms. The van der Waals surface area contributed by atoms with E-state index in [-0.39, 0.29) is 5.91 Å². The molecule has 1 aliphatic rings. The first-order valence-electron chi connectivity index (χ1n) is 7.60. The Balaban J connectivity index is 1.68. The summed E-state index contributed by atoms with van der Waals surface area (Å²) in [5.74, 6) is 0.915. The van der Waals surface area contributed by atoms with Gasteiger partial charge in [0.1, 0.15) is 0 Å². The summed E-state index contributed by atoms with van der Waals surface area (Å²) in [7, 11) is 0. The number of aryl methyl sites for hydroxylation is 2. The first-order valence-corrected chi connectivity index (χ1v) is 7.98. The highest BCUT2D eigenvalue weighted by Crippen LogP contribution is 2.19. The van der Waals surface area contributed by atoms with Gasteiger partial charge >= 0.3 is 0 Å². The van der Waals surface area contributed by atoms with Crippen molar-refractivity contribution >= 4 is 23.3 Å². The maximum absolute atomic E-state index is 12.5. The van der Waals surface area contributed by atoms with E-state index in [9.17, 15) is 4.79 Å². The van der Waals surface area contributed by atoms with Crippen LogP contribution in [0.4, 0.5) is 5.82 Å². The maximum atomic E-state index is 12.5. The van der Waals surface area contributed by atoms with E-state index < -0.39 is 0 Å². The number of anilines is 1. The Morgan fingerprint density at radius 3 is 2.61 bits per heavy atom. The van der Waals surface area contributed by atoms with Crippen LogP contribution in [0.25, 0.3) is 0 Å². The molecule has 0 atom stereocenters. The Labute approximate surface area is 140 Å². The van der Waals surface area contributed by atoms with Gasteiger partial charge in [-0.3, -0.25) is 9.78 Å². The van der Waals surface area contributed by atoms with E-state index in [1.807, 2.05) is 47.9 Å². The minimum absolute atomic E-state index is 0.105. The molecule has 6 heteroatoms. The predicted octanol–water partition coefficient (Wildman–Crippen LogP) is 2.60. The number of carbonyl (C=O) groups is 1. The normalized spacial score (nSPS) is 15.2. The van der Waals surface area contributed by atoms with Crippen molar-refractivity contribution in [3.8, 4) is 0 Å². The molecule has 1 saturated heterocycles. The molecule has 1 aromatic carbocycles. The monoisotopic (exact) mass is 330 g/mol. The van der Waals surface area contributed by atoms with Gasteiger partial charge in [-0.25, -0.2) is 4.98 Å². The van der Waals surface area contributed by atoms with Gasteiger partial charge in [-0.15, -0.1) is 0 Å². The number of benzene rings is 1. The lowest BCUT2D eigenvalue weighted by molar-refractivity contribution is -0.131. The van der Waals surface area contributed by atoms with E-state index in [1.165, 1.54) is 0 Å². The van der Waals surface area contributed by atoms with Crippen LogP contribution in [0.3, 0.4) is 0 Å². The van der Waals surface area contributed by atoms with Crippen molar-refractivity contribution in [3.05, 3.63) is 52.4 Å². The lowest BCUT2D eigenvalue weighted by Gasteiger charge is -2.35. The van der Waals surface area contributed by atoms with Crippen LogP contribution in [0.5, 0.6) is 0 Å². The average molecular weight is 331 g/mol. The third-order valence-corrected chi connectivity index (χ3v) is 4.21. The summed E-state index contributed by atoms with van der Waals surface area (Å²) in [6.45, 7) is 6.23. The van der Waals surface area contributed by atoms with Crippen molar-refractivity contribution in [1.82, 2.24) is 14.9 Å². The predicted molar refractivity (Wildman–Crippen MR) is 90.6 cm³/mol. The molecule has 0 radical (unpaired) electrons. The third-order valence-electron chi connectivity index (χ3n) is 3.96. The molecule has 0 unspecified atom stereocenters. The number of hydrogen-bond acceptors (Lipinski definition) is 4. The lowest BCUT2D eigenvalue weighted by Crippen LogP contribution is -2.50. The standard InChI is InChI=1S/C17H19ClN4O/c1-12-9-19-13(2)17(20-12)22-8-7-21(16(23)11-22)10-14-3-5-15(18)6-4-14/h3-6,9H,7-8,10-11H2,1-2H3. The topological polar surface area (TPSA) is 49.3 Å². The fraction of sp³-hybridized carbons (Fsp3) is 0.353. The van der Waals surface area contributed by atoms with Crippen LogP contribution < -0.4 is 4.90 Å². The van der Waals surface area contributed by atoms with Crippen LogP contribution in [-0.2, 0) is 11.3 Å². The van der Waals surface area contributed by atoms with Gasteiger partial charge in [0, 0.05) is 30.9 Å². The number of piperazine rings is 1. The van der Waals surface area contributed by atoms with Crippen LogP contribution in [0, 0.1) is 13.8 Å². The van der Waals surface area contributed by atoms with Gasteiger partial charge in [0.05, 0.1) is 17.9 Å². The first-order chi connectivity index (χ1) is 11.0. The molecule has 0 aliphatic carbocycles. The highest BCUT2D eigenvalue weighted by Gasteiger charge is 2.26. The van der Waals surface area contributed by atoms with Crippen molar-refractivity contribution in [2.75, 3.05) is 24.5 Å². The summed E-state index contributed by atoms with van der Waals surface area (Å²) < 4.78 is 0. The molecule has 2 aromatic rings. The molecule has 1 aromatic heterocycles. The minimum atomic E-state index is 0.105. The third kappa shape index (κ3) is 3.62. The van der Waals surface area contributed by atoms with Crippen molar-refractivity contribution in [1.29, 1.82) is 0 Å². The molecule has 23 heavy (non-hydrogen) atoms. The second-order valence-corrected chi connectivity index (χ2v) is 6.22. The van der Waals surface area contributed by atoms with Crippen LogP contribution in [0.15, 0.2) is 30.5 Å². The van der Waals surface area contributed by atoms with Gasteiger partial charge < -0.3 is 9.80 Å². The van der Waals surface area contributed by atoms with Crippen LogP contribution in [-0.4, -0.2) is 40.4 Å². The Morgan fingerprint density at radius 1 is 1.17 bits per heavy atom. The van der Waals surface area contributed by atoms with Crippen molar-refractivity contribution in [2.45, 2.75) is 20.4 Å². The Morgan fingerprint density at radius 2 is 1.91 bits per heavy atom. The van der Waals surface area contributed by atoms with Crippen molar-refractivity contribution in [3.63, 3.8) is 0 Å². The quantitative estimate of drug-likeness (QED) is 0.868. The molecule has 1 aliphatic heterocycles. The van der Waals surface area contributed by atoms with Crippen LogP contribution >= 0.6 is 11.6 Å². The molecule has 2 heterocycles. The van der Waals surface area contributed by atoms with E-state index in [2.05, 4.69) is 9.97 Å². The fourth-order valence-electron chi connectivity index (χ4n) is 2.69. The number of carbonyl (C=O) groups excluding carboxylic acids is 1. The smallest absolute Gasteiger partial charge is 0.242 e. The second kappa shape index (κ2) is 6.54. The molecule has 0 saturated carbocycles. The zero-order valence-electron chi connectivity index (χ0n) is 13.3. The van der Waals surface area contributed by atoms with Crippen LogP contribution in [0.1, 0.15) is 17.0 Å². The van der Waals surface area contributed by atoms with E-state index in [1.54, 1.807) is 6.20 Å². The Kier molecular flexibility index (Phi) is 4.48. The summed E-state index contributed by atoms with van der Waals surface area (Å²) in [6, 6.07) is 7.61. The number of aromatic nitrogens is 2. The molecule has 1 amide bonds. The molecular formula is C17H19ClN4O. The zero-order valence-corrected chi connectivity index (χ0v) is 14.0. The van der Waals surface area contributed by atoms with Gasteiger partial charge in [0.25, 0.3) is 0 Å². The molecule has 1 fully saturated rings. The summed E-state index contributed by atoms with van der Waals surface area (Å²) in [6.07, 6.45) is 1.75. The minimum Gasteiger partial charge on any atom is -0.344 e. The van der Waals surface area contributed by atoms with Crippen molar-refractivity contribution in [2.24, 2.45) is 0 Å². The van der Waals surface area contributed by atoms with Gasteiger partial charge in [0.2, 0.25) is 5.91 Å². The molecule has 3 rings (SSSR count). The largest absolute Gasteiger partial charge is 0.344 e. The van der Waals surface area contributed by atoms with Crippen molar-refractivity contribution < 1.29 is 4.79 Å². The molecule has 120 valence electrons. The Bertz CT molecular complexity index is 717. The van der Waals surface area contributed by atoms with E-state index in [4.69, 9.17) is 11.6 Å². The number of halogens is 1. The van der Waals surface area contributed by atoms with Gasteiger partial charge in [-0.05, 0) is 31.5 Å². The average Bonchev–Trinajstić information content (AvgIpc) is 2.54.